The molecule has 3 aromatic rings. The summed E-state index contributed by atoms with van der Waals surface area (Å²) in [6, 6.07) is 18.2. The van der Waals surface area contributed by atoms with E-state index in [-0.39, 0.29) is 5.91 Å². The molecule has 0 bridgehead atoms. The summed E-state index contributed by atoms with van der Waals surface area (Å²) in [5, 5.41) is 7.49. The molecule has 4 rings (SSSR count). The predicted octanol–water partition coefficient (Wildman–Crippen LogP) is 4.42. The van der Waals surface area contributed by atoms with E-state index in [2.05, 4.69) is 45.7 Å². The first-order chi connectivity index (χ1) is 14.5. The molecule has 154 valence electrons. The van der Waals surface area contributed by atoms with Crippen molar-refractivity contribution in [1.29, 1.82) is 0 Å². The number of aryl methyl sites for hydroxylation is 1. The van der Waals surface area contributed by atoms with Gasteiger partial charge in [0.05, 0.1) is 12.4 Å². The molecule has 1 aromatic heterocycles. The lowest BCUT2D eigenvalue weighted by atomic mass is 10.00. The minimum Gasteiger partial charge on any atom is -0.326 e. The standard InChI is InChI=1S/C23H25N5OS/c1-17-25-27(16-26-13-11-20(12-14-26)19-7-4-3-5-8-19)23(30)28(17)22-10-6-9-21(15-22)24-18(2)29/h3-11,15H,12-14,16H2,1-2H3,(H,24,29). The number of anilines is 1. The first kappa shape index (κ1) is 20.3. The molecule has 7 heteroatoms. The fourth-order valence-electron chi connectivity index (χ4n) is 3.77. The Morgan fingerprint density at radius 1 is 1.17 bits per heavy atom. The van der Waals surface area contributed by atoms with Crippen LogP contribution in [0.2, 0.25) is 0 Å². The summed E-state index contributed by atoms with van der Waals surface area (Å²) in [4.78, 5) is 13.7. The van der Waals surface area contributed by atoms with Gasteiger partial charge in [0.15, 0.2) is 0 Å². The van der Waals surface area contributed by atoms with Crippen LogP contribution in [0.5, 0.6) is 0 Å². The number of amides is 1. The number of carbonyl (C=O) groups excluding carboxylic acids is 1. The van der Waals surface area contributed by atoms with Crippen molar-refractivity contribution in [3.8, 4) is 5.69 Å². The smallest absolute Gasteiger partial charge is 0.221 e. The van der Waals surface area contributed by atoms with Gasteiger partial charge in [-0.1, -0.05) is 42.5 Å². The van der Waals surface area contributed by atoms with Crippen molar-refractivity contribution in [3.05, 3.63) is 76.8 Å². The minimum atomic E-state index is -0.101. The van der Waals surface area contributed by atoms with Crippen molar-refractivity contribution >= 4 is 29.4 Å². The van der Waals surface area contributed by atoms with E-state index in [1.807, 2.05) is 46.5 Å². The quantitative estimate of drug-likeness (QED) is 0.622. The average molecular weight is 420 g/mol. The molecule has 0 atom stereocenters. The first-order valence-electron chi connectivity index (χ1n) is 10.0. The lowest BCUT2D eigenvalue weighted by Crippen LogP contribution is -2.31. The molecule has 0 saturated carbocycles. The van der Waals surface area contributed by atoms with Crippen LogP contribution < -0.4 is 5.32 Å². The highest BCUT2D eigenvalue weighted by Gasteiger charge is 2.16. The van der Waals surface area contributed by atoms with Gasteiger partial charge in [0.1, 0.15) is 5.82 Å². The van der Waals surface area contributed by atoms with E-state index in [0.717, 1.165) is 36.7 Å². The Morgan fingerprint density at radius 2 is 1.97 bits per heavy atom. The van der Waals surface area contributed by atoms with Crippen LogP contribution in [0.1, 0.15) is 24.7 Å². The second-order valence-electron chi connectivity index (χ2n) is 7.46. The Labute approximate surface area is 181 Å². The monoisotopic (exact) mass is 419 g/mol. The third-order valence-electron chi connectivity index (χ3n) is 5.20. The molecule has 1 amide bonds. The Hall–Kier alpha value is -3.03. The van der Waals surface area contributed by atoms with Gasteiger partial charge in [0.25, 0.3) is 0 Å². The van der Waals surface area contributed by atoms with Gasteiger partial charge in [0.2, 0.25) is 10.7 Å². The minimum absolute atomic E-state index is 0.101. The highest BCUT2D eigenvalue weighted by atomic mass is 32.1. The zero-order chi connectivity index (χ0) is 21.1. The fourth-order valence-corrected chi connectivity index (χ4v) is 4.11. The molecule has 1 aliphatic rings. The summed E-state index contributed by atoms with van der Waals surface area (Å²) in [5.74, 6) is 0.716. The lowest BCUT2D eigenvalue weighted by molar-refractivity contribution is -0.114. The largest absolute Gasteiger partial charge is 0.326 e. The molecule has 2 aromatic carbocycles. The second kappa shape index (κ2) is 8.77. The van der Waals surface area contributed by atoms with E-state index in [9.17, 15) is 4.79 Å². The van der Waals surface area contributed by atoms with Gasteiger partial charge in [-0.15, -0.1) is 0 Å². The van der Waals surface area contributed by atoms with E-state index < -0.39 is 0 Å². The highest BCUT2D eigenvalue weighted by Crippen LogP contribution is 2.23. The molecule has 0 spiro atoms. The maximum Gasteiger partial charge on any atom is 0.221 e. The lowest BCUT2D eigenvalue weighted by Gasteiger charge is -2.26. The summed E-state index contributed by atoms with van der Waals surface area (Å²) in [7, 11) is 0. The molecule has 0 fully saturated rings. The van der Waals surface area contributed by atoms with Gasteiger partial charge >= 0.3 is 0 Å². The van der Waals surface area contributed by atoms with Crippen LogP contribution in [0.3, 0.4) is 0 Å². The summed E-state index contributed by atoms with van der Waals surface area (Å²) in [6.45, 7) is 5.93. The van der Waals surface area contributed by atoms with Crippen molar-refractivity contribution in [2.75, 3.05) is 18.4 Å². The molecule has 1 N–H and O–H groups in total. The van der Waals surface area contributed by atoms with Crippen molar-refractivity contribution in [2.45, 2.75) is 26.9 Å². The van der Waals surface area contributed by atoms with Gasteiger partial charge in [-0.2, -0.15) is 5.10 Å². The second-order valence-corrected chi connectivity index (χ2v) is 7.83. The SMILES string of the molecule is CC(=O)Nc1cccc(-n2c(C)nn(CN3CC=C(c4ccccc4)CC3)c2=S)c1. The van der Waals surface area contributed by atoms with Crippen molar-refractivity contribution in [1.82, 2.24) is 19.2 Å². The third kappa shape index (κ3) is 4.42. The van der Waals surface area contributed by atoms with Crippen molar-refractivity contribution in [3.63, 3.8) is 0 Å². The number of benzene rings is 2. The molecular weight excluding hydrogens is 394 g/mol. The van der Waals surface area contributed by atoms with Crippen molar-refractivity contribution in [2.24, 2.45) is 0 Å². The molecular formula is C23H25N5OS. The number of hydrogen-bond acceptors (Lipinski definition) is 4. The first-order valence-corrected chi connectivity index (χ1v) is 10.4. The molecule has 1 aliphatic heterocycles. The van der Waals surface area contributed by atoms with E-state index >= 15 is 0 Å². The van der Waals surface area contributed by atoms with Crippen molar-refractivity contribution < 1.29 is 4.79 Å². The van der Waals surface area contributed by atoms with Gasteiger partial charge in [-0.25, -0.2) is 4.68 Å². The van der Waals surface area contributed by atoms with Gasteiger partial charge in [-0.3, -0.25) is 14.3 Å². The van der Waals surface area contributed by atoms with Crippen LogP contribution >= 0.6 is 12.2 Å². The number of nitrogens with one attached hydrogen (secondary N) is 1. The van der Waals surface area contributed by atoms with Crippen LogP contribution in [0.15, 0.2) is 60.7 Å². The molecule has 0 radical (unpaired) electrons. The van der Waals surface area contributed by atoms with Crippen LogP contribution in [-0.4, -0.2) is 38.2 Å². The topological polar surface area (TPSA) is 55.1 Å². The summed E-state index contributed by atoms with van der Waals surface area (Å²) in [5.41, 5.74) is 4.32. The van der Waals surface area contributed by atoms with Gasteiger partial charge in [0, 0.05) is 25.7 Å². The average Bonchev–Trinajstić information content (AvgIpc) is 3.02. The predicted molar refractivity (Wildman–Crippen MR) is 122 cm³/mol. The Bertz CT molecular complexity index is 1150. The Kier molecular flexibility index (Phi) is 5.92. The molecule has 0 aliphatic carbocycles. The third-order valence-corrected chi connectivity index (χ3v) is 5.59. The normalized spacial score (nSPS) is 14.4. The van der Waals surface area contributed by atoms with Gasteiger partial charge in [-0.05, 0) is 54.9 Å². The van der Waals surface area contributed by atoms with E-state index in [1.165, 1.54) is 18.1 Å². The molecule has 6 nitrogen and oxygen atoms in total. The number of nitrogens with zero attached hydrogens (tertiary/aromatic N) is 4. The zero-order valence-corrected chi connectivity index (χ0v) is 18.0. The molecule has 0 unspecified atom stereocenters. The maximum atomic E-state index is 11.4. The van der Waals surface area contributed by atoms with E-state index in [1.54, 1.807) is 0 Å². The molecule has 0 saturated heterocycles. The molecule has 30 heavy (non-hydrogen) atoms. The van der Waals surface area contributed by atoms with Crippen LogP contribution in [0.25, 0.3) is 11.3 Å². The van der Waals surface area contributed by atoms with Crippen LogP contribution in [0, 0.1) is 11.7 Å². The number of carbonyl (C=O) groups is 1. The van der Waals surface area contributed by atoms with E-state index in [0.29, 0.717) is 11.4 Å². The maximum absolute atomic E-state index is 11.4. The summed E-state index contributed by atoms with van der Waals surface area (Å²) >= 11 is 5.73. The highest BCUT2D eigenvalue weighted by molar-refractivity contribution is 7.71. The fraction of sp³-hybridized carbons (Fsp3) is 0.261. The van der Waals surface area contributed by atoms with Gasteiger partial charge < -0.3 is 5.32 Å². The summed E-state index contributed by atoms with van der Waals surface area (Å²) in [6.07, 6.45) is 3.30. The zero-order valence-electron chi connectivity index (χ0n) is 17.2. The summed E-state index contributed by atoms with van der Waals surface area (Å²) < 4.78 is 4.46. The number of aromatic nitrogens is 3. The van der Waals surface area contributed by atoms with Crippen LogP contribution in [0.4, 0.5) is 5.69 Å². The molecule has 2 heterocycles. The van der Waals surface area contributed by atoms with Crippen LogP contribution in [-0.2, 0) is 11.5 Å². The van der Waals surface area contributed by atoms with E-state index in [4.69, 9.17) is 12.2 Å². The Balaban J connectivity index is 1.52. The Morgan fingerprint density at radius 3 is 2.67 bits per heavy atom. The number of rotatable bonds is 5. The number of hydrogen-bond donors (Lipinski definition) is 1.